The summed E-state index contributed by atoms with van der Waals surface area (Å²) in [6.45, 7) is 0.110. The van der Waals surface area contributed by atoms with E-state index < -0.39 is 22.0 Å². The number of carbonyl (C=O) groups excluding carboxylic acids is 1. The van der Waals surface area contributed by atoms with Crippen molar-refractivity contribution in [2.75, 3.05) is 25.4 Å². The minimum Gasteiger partial charge on any atom is -0.491 e. The molecule has 2 heterocycles. The van der Waals surface area contributed by atoms with Crippen LogP contribution in [-0.2, 0) is 14.8 Å². The van der Waals surface area contributed by atoms with Gasteiger partial charge in [-0.1, -0.05) is 0 Å². The third-order valence-electron chi connectivity index (χ3n) is 3.84. The van der Waals surface area contributed by atoms with Crippen LogP contribution < -0.4 is 10.1 Å². The Morgan fingerprint density at radius 2 is 2.07 bits per heavy atom. The molecule has 0 unspecified atom stereocenters. The van der Waals surface area contributed by atoms with Crippen LogP contribution >= 0.6 is 0 Å². The number of amidine groups is 1. The molecule has 2 N–H and O–H groups in total. The number of sulfonamides is 1. The van der Waals surface area contributed by atoms with Crippen LogP contribution in [0.25, 0.3) is 0 Å². The van der Waals surface area contributed by atoms with Gasteiger partial charge in [-0.05, 0) is 36.4 Å². The van der Waals surface area contributed by atoms with Crippen LogP contribution in [0.2, 0.25) is 0 Å². The van der Waals surface area contributed by atoms with Gasteiger partial charge in [0.2, 0.25) is 0 Å². The third-order valence-corrected chi connectivity index (χ3v) is 5.00. The molecule has 0 bridgehead atoms. The van der Waals surface area contributed by atoms with Crippen LogP contribution in [-0.4, -0.2) is 61.7 Å². The molecule has 2 aliphatic heterocycles. The van der Waals surface area contributed by atoms with Gasteiger partial charge < -0.3 is 20.1 Å². The fraction of sp³-hybridized carbons (Fsp3) is 0.294. The molecule has 0 radical (unpaired) electrons. The molecule has 10 heteroatoms. The number of aliphatic hydroxyl groups excluding tert-OH is 1. The van der Waals surface area contributed by atoms with Gasteiger partial charge in [-0.2, -0.15) is 0 Å². The van der Waals surface area contributed by atoms with Crippen LogP contribution in [0.4, 0.5) is 4.39 Å². The smallest absolute Gasteiger partial charge is 0.256 e. The fourth-order valence-electron chi connectivity index (χ4n) is 2.43. The highest BCUT2D eigenvalue weighted by molar-refractivity contribution is 7.90. The van der Waals surface area contributed by atoms with Gasteiger partial charge in [-0.25, -0.2) is 12.8 Å². The lowest BCUT2D eigenvalue weighted by atomic mass is 10.1. The van der Waals surface area contributed by atoms with Gasteiger partial charge in [0.25, 0.3) is 15.9 Å². The second kappa shape index (κ2) is 7.89. The van der Waals surface area contributed by atoms with Gasteiger partial charge in [0.15, 0.2) is 0 Å². The first-order valence-corrected chi connectivity index (χ1v) is 9.77. The summed E-state index contributed by atoms with van der Waals surface area (Å²) < 4.78 is 44.7. The summed E-state index contributed by atoms with van der Waals surface area (Å²) in [4.78, 5) is 13.8. The maximum atomic E-state index is 12.8. The Hall–Kier alpha value is -2.72. The summed E-state index contributed by atoms with van der Waals surface area (Å²) in [5.74, 6) is -0.241. The number of nitrogens with one attached hydrogen (secondary N) is 1. The van der Waals surface area contributed by atoms with Crippen molar-refractivity contribution in [2.24, 2.45) is 4.40 Å². The molecule has 27 heavy (non-hydrogen) atoms. The highest BCUT2D eigenvalue weighted by Gasteiger charge is 2.25. The first-order valence-electron chi connectivity index (χ1n) is 8.16. The first-order chi connectivity index (χ1) is 12.8. The Labute approximate surface area is 155 Å². The Morgan fingerprint density at radius 3 is 2.81 bits per heavy atom. The molecule has 2 aliphatic rings. The Balaban J connectivity index is 1.49. The SMILES string of the molecule is O=C(NC[C@@H](O)COc1ccc(F)cc1)C1=CN2CCS(=O)(=O)N=C2C=C1. The Bertz CT molecular complexity index is 909. The average molecular weight is 395 g/mol. The molecule has 144 valence electrons. The molecule has 0 spiro atoms. The Morgan fingerprint density at radius 1 is 1.33 bits per heavy atom. The molecule has 3 rings (SSSR count). The number of rotatable bonds is 6. The lowest BCUT2D eigenvalue weighted by Crippen LogP contribution is -2.39. The van der Waals surface area contributed by atoms with Crippen molar-refractivity contribution < 1.29 is 27.4 Å². The second-order valence-corrected chi connectivity index (χ2v) is 7.73. The molecule has 0 saturated carbocycles. The molecule has 0 fully saturated rings. The summed E-state index contributed by atoms with van der Waals surface area (Å²) in [6.07, 6.45) is 3.49. The molecular weight excluding hydrogens is 377 g/mol. The number of hydrogen-bond donors (Lipinski definition) is 2. The van der Waals surface area contributed by atoms with Crippen LogP contribution in [0.1, 0.15) is 0 Å². The van der Waals surface area contributed by atoms with Crippen molar-refractivity contribution in [1.29, 1.82) is 0 Å². The molecule has 0 saturated heterocycles. The zero-order chi connectivity index (χ0) is 19.4. The van der Waals surface area contributed by atoms with E-state index in [9.17, 15) is 22.7 Å². The molecule has 1 amide bonds. The van der Waals surface area contributed by atoms with Crippen LogP contribution in [0, 0.1) is 5.82 Å². The predicted molar refractivity (Wildman–Crippen MR) is 96.1 cm³/mol. The van der Waals surface area contributed by atoms with E-state index in [2.05, 4.69) is 9.71 Å². The van der Waals surface area contributed by atoms with Crippen molar-refractivity contribution in [2.45, 2.75) is 6.10 Å². The van der Waals surface area contributed by atoms with Crippen molar-refractivity contribution in [3.8, 4) is 5.75 Å². The van der Waals surface area contributed by atoms with Crippen LogP contribution in [0.5, 0.6) is 5.75 Å². The lowest BCUT2D eigenvalue weighted by Gasteiger charge is -2.27. The number of nitrogens with zero attached hydrogens (tertiary/aromatic N) is 2. The Kier molecular flexibility index (Phi) is 5.57. The number of ether oxygens (including phenoxy) is 1. The average Bonchev–Trinajstić information content (AvgIpc) is 2.64. The summed E-state index contributed by atoms with van der Waals surface area (Å²) in [5.41, 5.74) is 0.319. The van der Waals surface area contributed by atoms with Gasteiger partial charge in [-0.15, -0.1) is 4.40 Å². The van der Waals surface area contributed by atoms with E-state index in [-0.39, 0.29) is 37.1 Å². The zero-order valence-electron chi connectivity index (χ0n) is 14.2. The van der Waals surface area contributed by atoms with Gasteiger partial charge in [0.1, 0.15) is 30.1 Å². The standard InChI is InChI=1S/C17H18FN3O5S/c18-13-2-4-15(5-3-13)26-11-14(22)9-19-17(23)12-1-6-16-20-27(24,25)8-7-21(16)10-12/h1-6,10,14,22H,7-9,11H2,(H,19,23)/t14-/m1/s1. The molecule has 0 aliphatic carbocycles. The highest BCUT2D eigenvalue weighted by Crippen LogP contribution is 2.16. The van der Waals surface area contributed by atoms with Crippen molar-refractivity contribution >= 4 is 21.8 Å². The summed E-state index contributed by atoms with van der Waals surface area (Å²) in [6, 6.07) is 5.37. The molecule has 1 atom stereocenters. The molecule has 8 nitrogen and oxygen atoms in total. The monoisotopic (exact) mass is 395 g/mol. The lowest BCUT2D eigenvalue weighted by molar-refractivity contribution is -0.117. The number of benzene rings is 1. The molecule has 1 aromatic rings. The van der Waals surface area contributed by atoms with E-state index in [1.807, 2.05) is 0 Å². The quantitative estimate of drug-likeness (QED) is 0.711. The summed E-state index contributed by atoms with van der Waals surface area (Å²) in [7, 11) is -3.45. The molecule has 0 aromatic heterocycles. The summed E-state index contributed by atoms with van der Waals surface area (Å²) >= 11 is 0. The predicted octanol–water partition coefficient (Wildman–Crippen LogP) is 0.179. The fourth-order valence-corrected chi connectivity index (χ4v) is 3.40. The maximum Gasteiger partial charge on any atom is 0.256 e. The third kappa shape index (κ3) is 5.14. The number of hydrogen-bond acceptors (Lipinski definition) is 6. The number of fused-ring (bicyclic) bond motifs is 1. The normalized spacial score (nSPS) is 18.8. The topological polar surface area (TPSA) is 108 Å². The van der Waals surface area contributed by atoms with E-state index in [4.69, 9.17) is 4.74 Å². The molecule has 1 aromatic carbocycles. The van der Waals surface area contributed by atoms with E-state index >= 15 is 0 Å². The number of halogens is 1. The maximum absolute atomic E-state index is 12.8. The minimum absolute atomic E-state index is 0.0411. The summed E-state index contributed by atoms with van der Waals surface area (Å²) in [5, 5.41) is 12.5. The molecular formula is C17H18FN3O5S. The number of carbonyl (C=O) groups is 1. The van der Waals surface area contributed by atoms with E-state index in [0.29, 0.717) is 11.3 Å². The number of amides is 1. The van der Waals surface area contributed by atoms with E-state index in [1.165, 1.54) is 42.6 Å². The zero-order valence-corrected chi connectivity index (χ0v) is 15.0. The van der Waals surface area contributed by atoms with Crippen molar-refractivity contribution in [3.63, 3.8) is 0 Å². The largest absolute Gasteiger partial charge is 0.491 e. The van der Waals surface area contributed by atoms with Gasteiger partial charge in [-0.3, -0.25) is 4.79 Å². The number of aliphatic hydroxyl groups is 1. The van der Waals surface area contributed by atoms with Crippen LogP contribution in [0.15, 0.2) is 52.6 Å². The first kappa shape index (κ1) is 19.1. The van der Waals surface area contributed by atoms with Gasteiger partial charge in [0.05, 0.1) is 11.3 Å². The van der Waals surface area contributed by atoms with Crippen molar-refractivity contribution in [1.82, 2.24) is 10.2 Å². The highest BCUT2D eigenvalue weighted by atomic mass is 32.2. The van der Waals surface area contributed by atoms with Crippen LogP contribution in [0.3, 0.4) is 0 Å². The minimum atomic E-state index is -3.45. The van der Waals surface area contributed by atoms with Gasteiger partial charge in [0, 0.05) is 19.3 Å². The van der Waals surface area contributed by atoms with Gasteiger partial charge >= 0.3 is 0 Å². The second-order valence-electron chi connectivity index (χ2n) is 5.98. The van der Waals surface area contributed by atoms with E-state index in [0.717, 1.165) is 0 Å². The van der Waals surface area contributed by atoms with E-state index in [1.54, 1.807) is 4.90 Å². The van der Waals surface area contributed by atoms with Crippen molar-refractivity contribution in [3.05, 3.63) is 54.0 Å².